The van der Waals surface area contributed by atoms with Crippen LogP contribution in [0.1, 0.15) is 75.1 Å². The molecule has 2 aromatic carbocycles. The highest BCUT2D eigenvalue weighted by atomic mass is 32.2. The number of likely N-dealkylation sites (tertiary alicyclic amines) is 1. The summed E-state index contributed by atoms with van der Waals surface area (Å²) >= 11 is 1.61. The smallest absolute Gasteiger partial charge is 0.242 e. The molecule has 2 aliphatic heterocycles. The monoisotopic (exact) mass is 574 g/mol. The maximum atomic E-state index is 14.0. The van der Waals surface area contributed by atoms with Gasteiger partial charge in [0.1, 0.15) is 18.1 Å². The molecule has 8 heteroatoms. The van der Waals surface area contributed by atoms with Gasteiger partial charge in [0.25, 0.3) is 0 Å². The number of thioether (sulfide) groups is 1. The summed E-state index contributed by atoms with van der Waals surface area (Å²) < 4.78 is 7.38. The number of methoxy groups -OCH3 is 1. The van der Waals surface area contributed by atoms with E-state index < -0.39 is 0 Å². The predicted molar refractivity (Wildman–Crippen MR) is 166 cm³/mol. The Hall–Kier alpha value is -3.26. The Labute approximate surface area is 248 Å². The Morgan fingerprint density at radius 2 is 1.76 bits per heavy atom. The largest absolute Gasteiger partial charge is 0.497 e. The number of anilines is 1. The molecule has 2 amide bonds. The lowest BCUT2D eigenvalue weighted by Crippen LogP contribution is -2.46. The van der Waals surface area contributed by atoms with Gasteiger partial charge in [-0.3, -0.25) is 14.5 Å². The van der Waals surface area contributed by atoms with Crippen molar-refractivity contribution in [2.24, 2.45) is 5.92 Å². The fourth-order valence-corrected chi connectivity index (χ4v) is 6.99. The molecule has 7 nitrogen and oxygen atoms in total. The summed E-state index contributed by atoms with van der Waals surface area (Å²) in [7, 11) is 1.66. The highest BCUT2D eigenvalue weighted by Gasteiger charge is 2.40. The van der Waals surface area contributed by atoms with Crippen LogP contribution in [-0.2, 0) is 21.4 Å². The second-order valence-electron chi connectivity index (χ2n) is 12.2. The molecule has 2 aliphatic rings. The van der Waals surface area contributed by atoms with E-state index in [1.807, 2.05) is 33.8 Å². The number of nitrogens with zero attached hydrogens (tertiary/aromatic N) is 4. The first-order valence-corrected chi connectivity index (χ1v) is 15.7. The lowest BCUT2D eigenvalue weighted by Gasteiger charge is -2.32. The zero-order valence-corrected chi connectivity index (χ0v) is 26.0. The van der Waals surface area contributed by atoms with Gasteiger partial charge < -0.3 is 9.64 Å². The van der Waals surface area contributed by atoms with Crippen LogP contribution in [0.4, 0.5) is 5.82 Å². The molecule has 0 saturated carbocycles. The number of aromatic nitrogens is 2. The second-order valence-corrected chi connectivity index (χ2v) is 13.3. The zero-order chi connectivity index (χ0) is 29.3. The number of amides is 2. The number of para-hydroxylation sites is 1. The summed E-state index contributed by atoms with van der Waals surface area (Å²) in [6.07, 6.45) is 2.82. The number of fused-ring (bicyclic) bond motifs is 1. The molecule has 5 rings (SSSR count). The van der Waals surface area contributed by atoms with Gasteiger partial charge in [-0.2, -0.15) is 5.10 Å². The minimum absolute atomic E-state index is 0.00191. The summed E-state index contributed by atoms with van der Waals surface area (Å²) in [5, 5.41) is 5.14. The van der Waals surface area contributed by atoms with Crippen molar-refractivity contribution >= 4 is 29.4 Å². The minimum atomic E-state index is -0.298. The van der Waals surface area contributed by atoms with E-state index in [1.54, 1.807) is 23.8 Å². The Morgan fingerprint density at radius 3 is 2.39 bits per heavy atom. The maximum absolute atomic E-state index is 14.0. The van der Waals surface area contributed by atoms with Gasteiger partial charge in [0.2, 0.25) is 11.8 Å². The van der Waals surface area contributed by atoms with Crippen LogP contribution in [0, 0.1) is 5.92 Å². The Balaban J connectivity index is 1.72. The predicted octanol–water partition coefficient (Wildman–Crippen LogP) is 6.17. The summed E-state index contributed by atoms with van der Waals surface area (Å²) in [6, 6.07) is 16.3. The van der Waals surface area contributed by atoms with Crippen molar-refractivity contribution in [1.29, 1.82) is 0 Å². The molecule has 218 valence electrons. The number of ether oxygens (including phenoxy) is 1. The average molecular weight is 575 g/mol. The lowest BCUT2D eigenvalue weighted by molar-refractivity contribution is -0.132. The van der Waals surface area contributed by atoms with E-state index in [4.69, 9.17) is 9.84 Å². The molecule has 1 aromatic heterocycles. The third-order valence-electron chi connectivity index (χ3n) is 8.25. The third-order valence-corrected chi connectivity index (χ3v) is 9.50. The number of hydrogen-bond acceptors (Lipinski definition) is 5. The summed E-state index contributed by atoms with van der Waals surface area (Å²) in [6.45, 7) is 12.4. The van der Waals surface area contributed by atoms with Crippen LogP contribution >= 0.6 is 11.8 Å². The quantitative estimate of drug-likeness (QED) is 0.352. The fraction of sp³-hybridized carbons (Fsp3) is 0.485. The molecule has 0 N–H and O–H groups in total. The Morgan fingerprint density at radius 1 is 1.07 bits per heavy atom. The SMILES string of the molecule is CCc1ccccc1-n1nc(C(C)(C)C)c2c1N(CC(=O)N1CCC(C)CC1)C(=O)CSC2c1ccc(OC)cc1. The molecule has 0 bridgehead atoms. The van der Waals surface area contributed by atoms with Crippen LogP contribution in [-0.4, -0.2) is 59.0 Å². The van der Waals surface area contributed by atoms with E-state index in [1.165, 1.54) is 0 Å². The van der Waals surface area contributed by atoms with Crippen LogP contribution < -0.4 is 9.64 Å². The first-order valence-electron chi connectivity index (χ1n) is 14.7. The van der Waals surface area contributed by atoms with Gasteiger partial charge in [0, 0.05) is 24.1 Å². The van der Waals surface area contributed by atoms with E-state index in [0.717, 1.165) is 66.2 Å². The number of carbonyl (C=O) groups excluding carboxylic acids is 2. The van der Waals surface area contributed by atoms with Crippen molar-refractivity contribution in [2.45, 2.75) is 64.5 Å². The molecular weight excluding hydrogens is 532 g/mol. The van der Waals surface area contributed by atoms with E-state index >= 15 is 0 Å². The van der Waals surface area contributed by atoms with Gasteiger partial charge >= 0.3 is 0 Å². The zero-order valence-electron chi connectivity index (χ0n) is 25.1. The Bertz CT molecular complexity index is 1400. The number of carbonyl (C=O) groups is 2. The molecule has 0 radical (unpaired) electrons. The highest BCUT2D eigenvalue weighted by molar-refractivity contribution is 8.00. The maximum Gasteiger partial charge on any atom is 0.242 e. The molecule has 41 heavy (non-hydrogen) atoms. The molecule has 3 aromatic rings. The summed E-state index contributed by atoms with van der Waals surface area (Å²) in [5.74, 6) is 2.32. The second kappa shape index (κ2) is 11.9. The molecule has 1 atom stereocenters. The molecule has 0 spiro atoms. The van der Waals surface area contributed by atoms with Crippen molar-refractivity contribution in [3.05, 3.63) is 70.9 Å². The van der Waals surface area contributed by atoms with Crippen molar-refractivity contribution in [3.63, 3.8) is 0 Å². The molecule has 1 unspecified atom stereocenters. The number of piperidine rings is 1. The topological polar surface area (TPSA) is 67.7 Å². The summed E-state index contributed by atoms with van der Waals surface area (Å²) in [5.41, 5.74) is 4.81. The normalized spacial score (nSPS) is 18.3. The molecule has 1 saturated heterocycles. The molecule has 1 fully saturated rings. The third kappa shape index (κ3) is 5.89. The fourth-order valence-electron chi connectivity index (χ4n) is 5.79. The van der Waals surface area contributed by atoms with Gasteiger partial charge in [-0.25, -0.2) is 4.68 Å². The average Bonchev–Trinajstić information content (AvgIpc) is 3.31. The van der Waals surface area contributed by atoms with Gasteiger partial charge in [-0.15, -0.1) is 11.8 Å². The lowest BCUT2D eigenvalue weighted by atomic mass is 9.87. The van der Waals surface area contributed by atoms with Crippen LogP contribution in [0.15, 0.2) is 48.5 Å². The van der Waals surface area contributed by atoms with Crippen molar-refractivity contribution < 1.29 is 14.3 Å². The van der Waals surface area contributed by atoms with Gasteiger partial charge in [-0.1, -0.05) is 65.0 Å². The van der Waals surface area contributed by atoms with Gasteiger partial charge in [0.05, 0.1) is 29.5 Å². The van der Waals surface area contributed by atoms with E-state index in [-0.39, 0.29) is 34.8 Å². The first kappa shape index (κ1) is 29.2. The number of benzene rings is 2. The molecular formula is C33H42N4O3S. The van der Waals surface area contributed by atoms with Gasteiger partial charge in [-0.05, 0) is 54.5 Å². The van der Waals surface area contributed by atoms with Crippen LogP contribution in [0.25, 0.3) is 5.69 Å². The minimum Gasteiger partial charge on any atom is -0.497 e. The first-order chi connectivity index (χ1) is 19.6. The van der Waals surface area contributed by atoms with Crippen LogP contribution in [0.2, 0.25) is 0 Å². The molecule has 0 aliphatic carbocycles. The summed E-state index contributed by atoms with van der Waals surface area (Å²) in [4.78, 5) is 31.4. The van der Waals surface area contributed by atoms with E-state index in [9.17, 15) is 9.59 Å². The van der Waals surface area contributed by atoms with Gasteiger partial charge in [0.15, 0.2) is 0 Å². The van der Waals surface area contributed by atoms with E-state index in [0.29, 0.717) is 11.7 Å². The Kier molecular flexibility index (Phi) is 8.50. The number of hydrogen-bond donors (Lipinski definition) is 0. The number of aryl methyl sites for hydroxylation is 1. The van der Waals surface area contributed by atoms with Crippen molar-refractivity contribution in [1.82, 2.24) is 14.7 Å². The highest BCUT2D eigenvalue weighted by Crippen LogP contribution is 2.48. The molecule has 3 heterocycles. The standard InChI is InChI=1S/C33H42N4O3S/c1-7-23-10-8-9-11-26(23)37-32-29(31(34-37)33(3,4)5)30(24-12-14-25(40-6)15-13-24)41-21-28(39)36(32)20-27(38)35-18-16-22(2)17-19-35/h8-15,22,30H,7,16-21H2,1-6H3. The van der Waals surface area contributed by atoms with Crippen molar-refractivity contribution in [2.75, 3.05) is 37.4 Å². The van der Waals surface area contributed by atoms with E-state index in [2.05, 4.69) is 58.9 Å². The van der Waals surface area contributed by atoms with Crippen molar-refractivity contribution in [3.8, 4) is 11.4 Å². The van der Waals surface area contributed by atoms with Crippen LogP contribution in [0.5, 0.6) is 5.75 Å². The number of rotatable bonds is 6. The van der Waals surface area contributed by atoms with Crippen LogP contribution in [0.3, 0.4) is 0 Å².